The number of rotatable bonds is 14. The molecule has 7 heteroatoms. The van der Waals surface area contributed by atoms with E-state index in [9.17, 15) is 22.8 Å². The predicted octanol–water partition coefficient (Wildman–Crippen LogP) is 9.11. The fourth-order valence-corrected chi connectivity index (χ4v) is 5.72. The summed E-state index contributed by atoms with van der Waals surface area (Å²) in [6.45, 7) is 6.12. The Kier molecular flexibility index (Phi) is 11.8. The Balaban J connectivity index is 1.67. The molecule has 0 saturated heterocycles. The van der Waals surface area contributed by atoms with Crippen LogP contribution in [0.25, 0.3) is 0 Å². The van der Waals surface area contributed by atoms with Crippen LogP contribution < -0.4 is 9.64 Å². The number of nitrogens with zero attached hydrogens (tertiary/aromatic N) is 1. The van der Waals surface area contributed by atoms with Gasteiger partial charge in [0.1, 0.15) is 11.7 Å². The molecule has 3 atom stereocenters. The van der Waals surface area contributed by atoms with E-state index in [4.69, 9.17) is 4.74 Å². The first-order valence-electron chi connectivity index (χ1n) is 15.8. The molecule has 1 amide bonds. The fraction of sp³-hybridized carbons (Fsp3) is 0.333. The lowest BCUT2D eigenvalue weighted by atomic mass is 9.79. The van der Waals surface area contributed by atoms with Crippen molar-refractivity contribution in [2.24, 2.45) is 11.8 Å². The molecule has 0 heterocycles. The van der Waals surface area contributed by atoms with Crippen molar-refractivity contribution in [3.05, 3.63) is 131 Å². The van der Waals surface area contributed by atoms with Gasteiger partial charge in [0.25, 0.3) is 0 Å². The number of carbonyl (C=O) groups excluding carboxylic acids is 2. The number of hydrogen-bond acceptors (Lipinski definition) is 3. The summed E-state index contributed by atoms with van der Waals surface area (Å²) >= 11 is 0. The van der Waals surface area contributed by atoms with Gasteiger partial charge in [-0.3, -0.25) is 9.59 Å². The van der Waals surface area contributed by atoms with Gasteiger partial charge in [-0.2, -0.15) is 13.2 Å². The summed E-state index contributed by atoms with van der Waals surface area (Å²) in [7, 11) is 1.57. The van der Waals surface area contributed by atoms with Gasteiger partial charge in [0.15, 0.2) is 5.78 Å². The van der Waals surface area contributed by atoms with Crippen molar-refractivity contribution in [3.63, 3.8) is 0 Å². The van der Waals surface area contributed by atoms with E-state index in [-0.39, 0.29) is 24.2 Å². The van der Waals surface area contributed by atoms with Gasteiger partial charge in [-0.15, -0.1) is 0 Å². The molecule has 4 aromatic rings. The number of alkyl halides is 3. The molecule has 0 saturated carbocycles. The molecule has 0 bridgehead atoms. The van der Waals surface area contributed by atoms with Crippen LogP contribution in [-0.2, 0) is 35.0 Å². The highest BCUT2D eigenvalue weighted by atomic mass is 19.4. The molecule has 0 fully saturated rings. The highest BCUT2D eigenvalue weighted by Crippen LogP contribution is 2.33. The van der Waals surface area contributed by atoms with Crippen molar-refractivity contribution in [1.82, 2.24) is 0 Å². The molecular weight excluding hydrogens is 587 g/mol. The van der Waals surface area contributed by atoms with E-state index in [0.717, 1.165) is 37.0 Å². The maximum absolute atomic E-state index is 14.7. The SMILES string of the molecule is CCc1ccc(N(CCc2ccc(C(F)(F)F)cc2)C(=O)C(C(=O)C(C)C(C)CCc2ccccc2)c2ccccc2)cc1OC. The number of hydrogen-bond donors (Lipinski definition) is 0. The average Bonchev–Trinajstić information content (AvgIpc) is 3.07. The number of anilines is 1. The minimum Gasteiger partial charge on any atom is -0.496 e. The highest BCUT2D eigenvalue weighted by Gasteiger charge is 2.37. The Hall–Kier alpha value is -4.39. The number of benzene rings is 4. The molecule has 4 aromatic carbocycles. The van der Waals surface area contributed by atoms with Gasteiger partial charge >= 0.3 is 6.18 Å². The molecule has 3 unspecified atom stereocenters. The lowest BCUT2D eigenvalue weighted by molar-refractivity contribution is -0.137. The third-order valence-corrected chi connectivity index (χ3v) is 8.83. The standard InChI is InChI=1S/C39H42F3NO3/c1-5-31-20-23-34(26-35(31)46-4)43(25-24-30-18-21-33(22-19-30)39(40,41)42)38(45)36(32-14-10-7-11-15-32)37(44)28(3)27(2)16-17-29-12-8-6-9-13-29/h6-15,18-23,26-28,36H,5,16-17,24-25H2,1-4H3. The Morgan fingerprint density at radius 1 is 0.804 bits per heavy atom. The van der Waals surface area contributed by atoms with Crippen LogP contribution in [0, 0.1) is 11.8 Å². The van der Waals surface area contributed by atoms with E-state index in [1.807, 2.05) is 62.4 Å². The van der Waals surface area contributed by atoms with Gasteiger partial charge in [-0.25, -0.2) is 0 Å². The first kappa shape index (κ1) is 34.5. The average molecular weight is 630 g/mol. The quantitative estimate of drug-likeness (QED) is 0.131. The summed E-state index contributed by atoms with van der Waals surface area (Å²) < 4.78 is 45.2. The summed E-state index contributed by atoms with van der Waals surface area (Å²) in [5.74, 6) is -1.34. The zero-order valence-corrected chi connectivity index (χ0v) is 26.9. The van der Waals surface area contributed by atoms with Crippen LogP contribution in [0.2, 0.25) is 0 Å². The molecule has 0 spiro atoms. The van der Waals surface area contributed by atoms with Crippen LogP contribution in [0.4, 0.5) is 18.9 Å². The van der Waals surface area contributed by atoms with E-state index in [1.165, 1.54) is 17.7 Å². The molecule has 0 aromatic heterocycles. The normalized spacial score (nSPS) is 13.5. The predicted molar refractivity (Wildman–Crippen MR) is 177 cm³/mol. The summed E-state index contributed by atoms with van der Waals surface area (Å²) in [5.41, 5.74) is 3.25. The highest BCUT2D eigenvalue weighted by molar-refractivity contribution is 6.13. The number of halogens is 3. The second-order valence-corrected chi connectivity index (χ2v) is 11.8. The molecule has 242 valence electrons. The smallest absolute Gasteiger partial charge is 0.416 e. The molecule has 0 aliphatic carbocycles. The second-order valence-electron chi connectivity index (χ2n) is 11.8. The van der Waals surface area contributed by atoms with Crippen molar-refractivity contribution in [2.75, 3.05) is 18.6 Å². The van der Waals surface area contributed by atoms with Crippen LogP contribution in [0.3, 0.4) is 0 Å². The maximum Gasteiger partial charge on any atom is 0.416 e. The molecule has 0 N–H and O–H groups in total. The van der Waals surface area contributed by atoms with Crippen LogP contribution in [0.5, 0.6) is 5.75 Å². The number of carbonyl (C=O) groups is 2. The molecule has 4 nitrogen and oxygen atoms in total. The molecule has 4 rings (SSSR count). The molecule has 0 aliphatic heterocycles. The van der Waals surface area contributed by atoms with Gasteiger partial charge in [-0.05, 0) is 72.1 Å². The Labute approximate surface area is 270 Å². The summed E-state index contributed by atoms with van der Waals surface area (Å²) in [6.07, 6.45) is -1.80. The van der Waals surface area contributed by atoms with Crippen LogP contribution in [0.15, 0.2) is 103 Å². The van der Waals surface area contributed by atoms with E-state index < -0.39 is 23.6 Å². The molecule has 0 aliphatic rings. The van der Waals surface area contributed by atoms with E-state index in [0.29, 0.717) is 29.0 Å². The fourth-order valence-electron chi connectivity index (χ4n) is 5.72. The van der Waals surface area contributed by atoms with Gasteiger partial charge in [-0.1, -0.05) is 99.6 Å². The minimum absolute atomic E-state index is 0.0243. The van der Waals surface area contributed by atoms with Crippen molar-refractivity contribution >= 4 is 17.4 Å². The monoisotopic (exact) mass is 629 g/mol. The molecular formula is C39H42F3NO3. The van der Waals surface area contributed by atoms with E-state index >= 15 is 0 Å². The summed E-state index contributed by atoms with van der Waals surface area (Å²) in [6, 6.07) is 29.7. The largest absolute Gasteiger partial charge is 0.496 e. The molecule has 0 radical (unpaired) electrons. The van der Waals surface area contributed by atoms with Gasteiger partial charge < -0.3 is 9.64 Å². The topological polar surface area (TPSA) is 46.6 Å². The summed E-state index contributed by atoms with van der Waals surface area (Å²) in [5, 5.41) is 0. The van der Waals surface area contributed by atoms with Crippen LogP contribution in [0.1, 0.15) is 60.9 Å². The number of methoxy groups -OCH3 is 1. The second kappa shape index (κ2) is 15.7. The van der Waals surface area contributed by atoms with Crippen LogP contribution >= 0.6 is 0 Å². The lowest BCUT2D eigenvalue weighted by Gasteiger charge is -2.30. The number of ketones is 1. The van der Waals surface area contributed by atoms with Crippen molar-refractivity contribution in [1.29, 1.82) is 0 Å². The van der Waals surface area contributed by atoms with Crippen molar-refractivity contribution in [3.8, 4) is 5.75 Å². The third-order valence-electron chi connectivity index (χ3n) is 8.83. The first-order chi connectivity index (χ1) is 22.0. The number of amides is 1. The van der Waals surface area contributed by atoms with Crippen LogP contribution in [-0.4, -0.2) is 25.3 Å². The lowest BCUT2D eigenvalue weighted by Crippen LogP contribution is -2.41. The van der Waals surface area contributed by atoms with Gasteiger partial charge in [0, 0.05) is 24.2 Å². The Morgan fingerprint density at radius 3 is 2.00 bits per heavy atom. The van der Waals surface area contributed by atoms with Crippen molar-refractivity contribution < 1.29 is 27.5 Å². The zero-order chi connectivity index (χ0) is 33.3. The van der Waals surface area contributed by atoms with Gasteiger partial charge in [0.05, 0.1) is 12.7 Å². The Bertz CT molecular complexity index is 1570. The van der Waals surface area contributed by atoms with E-state index in [1.54, 1.807) is 30.2 Å². The summed E-state index contributed by atoms with van der Waals surface area (Å²) in [4.78, 5) is 30.6. The first-order valence-corrected chi connectivity index (χ1v) is 15.8. The minimum atomic E-state index is -4.43. The number of ether oxygens (including phenoxy) is 1. The zero-order valence-electron chi connectivity index (χ0n) is 26.9. The molecule has 46 heavy (non-hydrogen) atoms. The number of Topliss-reactive ketones (excluding diaryl/α,β-unsaturated/α-hetero) is 1. The maximum atomic E-state index is 14.7. The van der Waals surface area contributed by atoms with E-state index in [2.05, 4.69) is 19.1 Å². The third kappa shape index (κ3) is 8.65. The Morgan fingerprint density at radius 2 is 1.41 bits per heavy atom. The van der Waals surface area contributed by atoms with Crippen molar-refractivity contribution in [2.45, 2.75) is 58.5 Å². The number of aryl methyl sites for hydroxylation is 2. The van der Waals surface area contributed by atoms with Gasteiger partial charge in [0.2, 0.25) is 5.91 Å².